The number of aliphatic hydroxyl groups is 1. The number of carboxylic acid groups (broad SMARTS) is 1. The third kappa shape index (κ3) is 5.93. The zero-order chi connectivity index (χ0) is 31.2. The average Bonchev–Trinajstić information content (AvgIpc) is 3.62. The Morgan fingerprint density at radius 3 is 2.56 bits per heavy atom. The number of aliphatic hydroxyl groups excluding tert-OH is 1. The van der Waals surface area contributed by atoms with Crippen LogP contribution in [0.25, 0.3) is 0 Å². The van der Waals surface area contributed by atoms with Gasteiger partial charge in [0.05, 0.1) is 35.1 Å². The first-order valence-electron chi connectivity index (χ1n) is 14.2. The summed E-state index contributed by atoms with van der Waals surface area (Å²) in [6.45, 7) is 4.75. The molecule has 1 aromatic carbocycles. The van der Waals surface area contributed by atoms with Crippen LogP contribution in [0.2, 0.25) is 0 Å². The number of ether oxygens (including phenoxy) is 1. The average molecular weight is 618 g/mol. The summed E-state index contributed by atoms with van der Waals surface area (Å²) >= 11 is 1.41. The SMILES string of the molecule is C[C@@H](O)[C@H]1C(=O)N2C(C(=O)O)=C(S[C@H]3C[C@@H](C(=O)N4CC[C@H](NC(=O)OCc5ccc([N+](=O)[O-])cc5)C4)N(C)C3)[C@H](C)[C@H]12. The molecule has 3 amide bonds. The predicted octanol–water partition coefficient (Wildman–Crippen LogP) is 1.38. The number of thioether (sulfide) groups is 1. The number of nitrogens with one attached hydrogen (secondary N) is 1. The van der Waals surface area contributed by atoms with Crippen molar-refractivity contribution < 1.29 is 39.1 Å². The van der Waals surface area contributed by atoms with Crippen LogP contribution in [0.3, 0.4) is 0 Å². The molecule has 4 aliphatic heterocycles. The summed E-state index contributed by atoms with van der Waals surface area (Å²) in [6.07, 6.45) is -0.435. The molecule has 0 bridgehead atoms. The second-order valence-electron chi connectivity index (χ2n) is 11.6. The lowest BCUT2D eigenvalue weighted by molar-refractivity contribution is -0.384. The van der Waals surface area contributed by atoms with E-state index in [4.69, 9.17) is 4.74 Å². The quantitative estimate of drug-likeness (QED) is 0.207. The zero-order valence-corrected chi connectivity index (χ0v) is 24.9. The number of likely N-dealkylation sites (tertiary alicyclic amines) is 2. The number of rotatable bonds is 9. The number of β-lactam (4-membered cyclic amide) rings is 1. The highest BCUT2D eigenvalue weighted by atomic mass is 32.2. The number of nitrogens with zero attached hydrogens (tertiary/aromatic N) is 4. The van der Waals surface area contributed by atoms with E-state index < -0.39 is 35.0 Å². The first kappa shape index (κ1) is 30.8. The van der Waals surface area contributed by atoms with Gasteiger partial charge in [-0.25, -0.2) is 9.59 Å². The van der Waals surface area contributed by atoms with E-state index in [9.17, 15) is 39.5 Å². The van der Waals surface area contributed by atoms with E-state index in [0.717, 1.165) is 0 Å². The van der Waals surface area contributed by atoms with Gasteiger partial charge in [0.1, 0.15) is 12.3 Å². The van der Waals surface area contributed by atoms with E-state index >= 15 is 0 Å². The van der Waals surface area contributed by atoms with E-state index in [0.29, 0.717) is 42.9 Å². The number of nitro benzene ring substituents is 1. The van der Waals surface area contributed by atoms with Gasteiger partial charge in [-0.3, -0.25) is 24.6 Å². The van der Waals surface area contributed by atoms with Crippen LogP contribution in [0.5, 0.6) is 0 Å². The molecule has 0 aliphatic carbocycles. The minimum absolute atomic E-state index is 0.0178. The van der Waals surface area contributed by atoms with Crippen LogP contribution in [0.4, 0.5) is 10.5 Å². The Morgan fingerprint density at radius 1 is 1.23 bits per heavy atom. The van der Waals surface area contributed by atoms with Crippen LogP contribution in [0.15, 0.2) is 34.9 Å². The van der Waals surface area contributed by atoms with Gasteiger partial charge in [0.25, 0.3) is 5.69 Å². The molecule has 3 saturated heterocycles. The van der Waals surface area contributed by atoms with Crippen molar-refractivity contribution >= 4 is 41.3 Å². The van der Waals surface area contributed by atoms with E-state index in [1.54, 1.807) is 11.8 Å². The second kappa shape index (κ2) is 12.1. The minimum atomic E-state index is -1.17. The fourth-order valence-corrected chi connectivity index (χ4v) is 8.14. The molecule has 14 nitrogen and oxygen atoms in total. The van der Waals surface area contributed by atoms with Gasteiger partial charge < -0.3 is 30.1 Å². The Kier molecular flexibility index (Phi) is 8.68. The molecule has 3 N–H and O–H groups in total. The van der Waals surface area contributed by atoms with E-state index in [2.05, 4.69) is 5.32 Å². The van der Waals surface area contributed by atoms with Gasteiger partial charge in [-0.1, -0.05) is 6.92 Å². The van der Waals surface area contributed by atoms with Crippen LogP contribution in [-0.4, -0.2) is 110 Å². The maximum Gasteiger partial charge on any atom is 0.407 e. The lowest BCUT2D eigenvalue weighted by atomic mass is 9.79. The van der Waals surface area contributed by atoms with Crippen molar-refractivity contribution in [2.45, 2.75) is 62.8 Å². The van der Waals surface area contributed by atoms with Gasteiger partial charge >= 0.3 is 12.1 Å². The molecule has 4 aliphatic rings. The molecule has 15 heteroatoms. The second-order valence-corrected chi connectivity index (χ2v) is 13.0. The van der Waals surface area contributed by atoms with Crippen molar-refractivity contribution in [3.8, 4) is 0 Å². The number of alkyl carbamates (subject to hydrolysis) is 1. The highest BCUT2D eigenvalue weighted by Crippen LogP contribution is 2.52. The number of amides is 3. The lowest BCUT2D eigenvalue weighted by Gasteiger charge is -2.46. The number of carboxylic acids is 1. The minimum Gasteiger partial charge on any atom is -0.477 e. The van der Waals surface area contributed by atoms with Crippen LogP contribution >= 0.6 is 11.8 Å². The topological polar surface area (TPSA) is 183 Å². The van der Waals surface area contributed by atoms with Gasteiger partial charge in [-0.05, 0) is 44.5 Å². The number of hydrogen-bond donors (Lipinski definition) is 3. The monoisotopic (exact) mass is 617 g/mol. The molecule has 0 radical (unpaired) electrons. The molecule has 0 spiro atoms. The molecular formula is C28H35N5O9S. The van der Waals surface area contributed by atoms with Crippen molar-refractivity contribution in [2.75, 3.05) is 26.7 Å². The van der Waals surface area contributed by atoms with Crippen molar-refractivity contribution in [3.63, 3.8) is 0 Å². The van der Waals surface area contributed by atoms with Gasteiger partial charge in [0.2, 0.25) is 11.8 Å². The molecule has 0 saturated carbocycles. The Labute approximate surface area is 252 Å². The largest absolute Gasteiger partial charge is 0.477 e. The standard InChI is InChI=1S/C28H35N5O9S/c1-14-22-21(15(2)34)26(36)32(22)23(27(37)38)24(14)43-19-10-20(30(3)12-19)25(35)31-9-8-17(11-31)29-28(39)42-13-16-4-6-18(7-5-16)33(40)41/h4-7,14-15,17,19-22,34H,8-13H2,1-3H3,(H,29,39)(H,37,38)/t14-,15-,17+,19+,20+,21-,22-/m1/s1. The van der Waals surface area contributed by atoms with Crippen LogP contribution in [0, 0.1) is 22.0 Å². The number of hydrogen-bond acceptors (Lipinski definition) is 10. The normalized spacial score (nSPS) is 29.3. The fourth-order valence-electron chi connectivity index (χ4n) is 6.55. The number of carbonyl (C=O) groups excluding carboxylic acids is 3. The van der Waals surface area contributed by atoms with Crippen molar-refractivity contribution in [1.82, 2.24) is 20.0 Å². The summed E-state index contributed by atoms with van der Waals surface area (Å²) in [7, 11) is 1.86. The molecule has 232 valence electrons. The first-order chi connectivity index (χ1) is 20.4. The Morgan fingerprint density at radius 2 is 1.93 bits per heavy atom. The highest BCUT2D eigenvalue weighted by molar-refractivity contribution is 8.03. The molecule has 43 heavy (non-hydrogen) atoms. The van der Waals surface area contributed by atoms with Crippen molar-refractivity contribution in [3.05, 3.63) is 50.5 Å². The molecule has 7 atom stereocenters. The van der Waals surface area contributed by atoms with Crippen molar-refractivity contribution in [1.29, 1.82) is 0 Å². The lowest BCUT2D eigenvalue weighted by Crippen LogP contribution is -2.63. The van der Waals surface area contributed by atoms with Crippen LogP contribution in [-0.2, 0) is 25.7 Å². The molecule has 4 heterocycles. The summed E-state index contributed by atoms with van der Waals surface area (Å²) in [5.74, 6) is -2.47. The molecule has 3 fully saturated rings. The Bertz CT molecular complexity index is 1350. The molecule has 0 unspecified atom stereocenters. The van der Waals surface area contributed by atoms with Crippen LogP contribution in [0.1, 0.15) is 32.3 Å². The van der Waals surface area contributed by atoms with Crippen LogP contribution < -0.4 is 5.32 Å². The predicted molar refractivity (Wildman–Crippen MR) is 153 cm³/mol. The third-order valence-corrected chi connectivity index (χ3v) is 10.2. The van der Waals surface area contributed by atoms with Gasteiger partial charge in [0.15, 0.2) is 0 Å². The van der Waals surface area contributed by atoms with Crippen molar-refractivity contribution in [2.24, 2.45) is 11.8 Å². The number of aliphatic carboxylic acids is 1. The zero-order valence-electron chi connectivity index (χ0n) is 24.0. The van der Waals surface area contributed by atoms with E-state index in [-0.39, 0.29) is 53.1 Å². The number of nitro groups is 1. The molecule has 1 aromatic rings. The summed E-state index contributed by atoms with van der Waals surface area (Å²) in [4.78, 5) is 66.4. The van der Waals surface area contributed by atoms with Gasteiger partial charge in [-0.2, -0.15) is 0 Å². The summed E-state index contributed by atoms with van der Waals surface area (Å²) in [5, 5.41) is 33.5. The first-order valence-corrected chi connectivity index (χ1v) is 15.1. The molecular weight excluding hydrogens is 582 g/mol. The number of carbonyl (C=O) groups is 4. The smallest absolute Gasteiger partial charge is 0.407 e. The molecule has 0 aromatic heterocycles. The number of benzene rings is 1. The number of likely N-dealkylation sites (N-methyl/N-ethyl adjacent to an activating group) is 1. The van der Waals surface area contributed by atoms with Gasteiger partial charge in [-0.15, -0.1) is 11.8 Å². The maximum atomic E-state index is 13.5. The van der Waals surface area contributed by atoms with E-state index in [1.807, 2.05) is 18.9 Å². The van der Waals surface area contributed by atoms with E-state index in [1.165, 1.54) is 40.9 Å². The molecule has 5 rings (SSSR count). The fraction of sp³-hybridized carbons (Fsp3) is 0.571. The Hall–Kier alpha value is -3.69. The summed E-state index contributed by atoms with van der Waals surface area (Å²) in [6, 6.07) is 4.65. The highest BCUT2D eigenvalue weighted by Gasteiger charge is 2.60. The van der Waals surface area contributed by atoms with Gasteiger partial charge in [0, 0.05) is 47.8 Å². The Balaban J connectivity index is 1.13. The third-order valence-electron chi connectivity index (χ3n) is 8.74. The summed E-state index contributed by atoms with van der Waals surface area (Å²) in [5.41, 5.74) is 0.540. The summed E-state index contributed by atoms with van der Waals surface area (Å²) < 4.78 is 5.24. The number of non-ortho nitro benzene ring substituents is 1. The number of fused-ring (bicyclic) bond motifs is 1. The maximum absolute atomic E-state index is 13.5.